The van der Waals surface area contributed by atoms with Gasteiger partial charge >= 0.3 is 11.9 Å². The molecule has 5 N–H and O–H groups in total. The fourth-order valence-electron chi connectivity index (χ4n) is 7.50. The van der Waals surface area contributed by atoms with Crippen molar-refractivity contribution in [2.24, 2.45) is 5.73 Å². The number of benzene rings is 4. The number of phenolic OH excluding ortho intramolecular Hbond substituents is 2. The van der Waals surface area contributed by atoms with Gasteiger partial charge in [-0.25, -0.2) is 9.59 Å². The second-order valence-electron chi connectivity index (χ2n) is 13.2. The van der Waals surface area contributed by atoms with Gasteiger partial charge in [-0.3, -0.25) is 4.79 Å². The fourth-order valence-corrected chi connectivity index (χ4v) is 7.50. The molecule has 0 heterocycles. The van der Waals surface area contributed by atoms with E-state index in [0.717, 1.165) is 22.3 Å². The molecule has 0 unspecified atom stereocenters. The SMILES string of the molecule is COC(=O)c1cc2c(cc1O)[C@@H](N)CCc1cc(OC)c(OC)c(OC)c1-2.COC(=O)c1cc2c(cc1O)[C@@H](NC(C)=O)CCc1cc(OC)c(OC)c(OC)c1-2. The minimum atomic E-state index is -0.670. The molecule has 0 spiro atoms. The summed E-state index contributed by atoms with van der Waals surface area (Å²) in [7, 11) is 11.7. The number of amides is 1. The summed E-state index contributed by atoms with van der Waals surface area (Å²) in [5.41, 5.74) is 12.5. The summed E-state index contributed by atoms with van der Waals surface area (Å²) in [4.78, 5) is 36.1. The highest BCUT2D eigenvalue weighted by atomic mass is 16.5. The highest BCUT2D eigenvalue weighted by Crippen LogP contribution is 2.53. The van der Waals surface area contributed by atoms with Crippen LogP contribution in [-0.2, 0) is 27.1 Å². The maximum atomic E-state index is 12.2. The maximum Gasteiger partial charge on any atom is 0.341 e. The number of rotatable bonds is 9. The van der Waals surface area contributed by atoms with Crippen LogP contribution in [0.25, 0.3) is 22.3 Å². The number of phenols is 2. The summed E-state index contributed by atoms with van der Waals surface area (Å²) in [6.07, 6.45) is 2.51. The van der Waals surface area contributed by atoms with Crippen molar-refractivity contribution >= 4 is 17.8 Å². The Hall–Kier alpha value is -6.35. The van der Waals surface area contributed by atoms with Crippen LogP contribution in [0, 0.1) is 0 Å². The van der Waals surface area contributed by atoms with Crippen LogP contribution in [0.4, 0.5) is 0 Å². The van der Waals surface area contributed by atoms with Gasteiger partial charge < -0.3 is 59.2 Å². The molecule has 2 aliphatic carbocycles. The Morgan fingerprint density at radius 1 is 0.596 bits per heavy atom. The number of ether oxygens (including phenoxy) is 8. The second kappa shape index (κ2) is 17.6. The van der Waals surface area contributed by atoms with Gasteiger partial charge in [-0.05, 0) is 95.5 Å². The number of aromatic hydroxyl groups is 2. The van der Waals surface area contributed by atoms with E-state index in [1.54, 1.807) is 33.5 Å². The zero-order valence-corrected chi connectivity index (χ0v) is 33.4. The van der Waals surface area contributed by atoms with Crippen molar-refractivity contribution in [2.75, 3.05) is 56.9 Å². The van der Waals surface area contributed by atoms with Crippen molar-refractivity contribution in [1.29, 1.82) is 0 Å². The molecule has 0 fully saturated rings. The average Bonchev–Trinajstić information content (AvgIpc) is 3.44. The van der Waals surface area contributed by atoms with Gasteiger partial charge in [-0.2, -0.15) is 0 Å². The molecule has 0 saturated heterocycles. The van der Waals surface area contributed by atoms with Gasteiger partial charge in [0.1, 0.15) is 22.6 Å². The van der Waals surface area contributed by atoms with Crippen molar-refractivity contribution in [3.8, 4) is 68.2 Å². The van der Waals surface area contributed by atoms with Crippen molar-refractivity contribution in [2.45, 2.75) is 44.7 Å². The van der Waals surface area contributed by atoms with Gasteiger partial charge in [-0.15, -0.1) is 0 Å². The van der Waals surface area contributed by atoms with E-state index < -0.39 is 11.9 Å². The predicted molar refractivity (Wildman–Crippen MR) is 209 cm³/mol. The monoisotopic (exact) mass is 788 g/mol. The second-order valence-corrected chi connectivity index (χ2v) is 13.2. The van der Waals surface area contributed by atoms with Crippen molar-refractivity contribution in [3.05, 3.63) is 69.8 Å². The third kappa shape index (κ3) is 7.87. The van der Waals surface area contributed by atoms with Crippen LogP contribution in [0.5, 0.6) is 46.0 Å². The lowest BCUT2D eigenvalue weighted by Crippen LogP contribution is -2.26. The molecule has 15 heteroatoms. The maximum absolute atomic E-state index is 12.2. The molecule has 1 amide bonds. The zero-order chi connectivity index (χ0) is 41.7. The molecular formula is C42H48N2O13. The topological polar surface area (TPSA) is 204 Å². The normalized spacial score (nSPS) is 14.9. The third-order valence-corrected chi connectivity index (χ3v) is 10.1. The molecule has 0 aliphatic heterocycles. The zero-order valence-electron chi connectivity index (χ0n) is 33.4. The standard InChI is InChI=1S/C22H25NO7.C20H23NO6/c1-11(24)23-16-7-6-12-8-18(27-2)20(28-3)21(29-4)19(12)14-9-15(22(26)30-5)17(25)10-13(14)16;1-24-16-7-10-5-6-14(21)11-9-15(22)13(20(23)27-4)8-12(11)17(10)19(26-3)18(16)25-2/h8-10,16,25H,6-7H2,1-5H3,(H,23,24);7-9,14,22H,5-6,21H2,1-4H3/t16-;14-/m00/s1. The van der Waals surface area contributed by atoms with Crippen molar-refractivity contribution in [1.82, 2.24) is 5.32 Å². The Bertz CT molecular complexity index is 2200. The van der Waals surface area contributed by atoms with Crippen LogP contribution in [-0.4, -0.2) is 84.9 Å². The molecule has 2 aliphatic rings. The first-order valence-electron chi connectivity index (χ1n) is 17.9. The average molecular weight is 789 g/mol. The third-order valence-electron chi connectivity index (χ3n) is 10.1. The number of esters is 2. The molecule has 2 atom stereocenters. The minimum absolute atomic E-state index is 0.0162. The summed E-state index contributed by atoms with van der Waals surface area (Å²) in [5.74, 6) is 0.973. The van der Waals surface area contributed by atoms with Gasteiger partial charge in [0.15, 0.2) is 23.0 Å². The van der Waals surface area contributed by atoms with Crippen LogP contribution in [0.15, 0.2) is 36.4 Å². The highest BCUT2D eigenvalue weighted by Gasteiger charge is 2.32. The van der Waals surface area contributed by atoms with Gasteiger partial charge in [0.05, 0.1) is 62.9 Å². The lowest BCUT2D eigenvalue weighted by molar-refractivity contribution is -0.119. The lowest BCUT2D eigenvalue weighted by atomic mass is 9.91. The fraction of sp³-hybridized carbons (Fsp3) is 0.357. The first-order valence-corrected chi connectivity index (χ1v) is 17.9. The first-order chi connectivity index (χ1) is 27.3. The van der Waals surface area contributed by atoms with E-state index in [1.807, 2.05) is 12.1 Å². The Morgan fingerprint density at radius 3 is 1.42 bits per heavy atom. The van der Waals surface area contributed by atoms with Crippen molar-refractivity contribution in [3.63, 3.8) is 0 Å². The van der Waals surface area contributed by atoms with E-state index in [2.05, 4.69) is 5.32 Å². The van der Waals surface area contributed by atoms with Crippen LogP contribution in [0.3, 0.4) is 0 Å². The van der Waals surface area contributed by atoms with Gasteiger partial charge in [0, 0.05) is 24.1 Å². The smallest absolute Gasteiger partial charge is 0.341 e. The number of aryl methyl sites for hydroxylation is 2. The highest BCUT2D eigenvalue weighted by molar-refractivity contribution is 5.97. The van der Waals surface area contributed by atoms with Crippen LogP contribution in [0.1, 0.15) is 74.8 Å². The number of nitrogens with two attached hydrogens (primary N) is 1. The van der Waals surface area contributed by atoms with E-state index in [-0.39, 0.29) is 40.6 Å². The van der Waals surface area contributed by atoms with Crippen LogP contribution in [0.2, 0.25) is 0 Å². The van der Waals surface area contributed by atoms with E-state index >= 15 is 0 Å². The molecule has 0 aromatic heterocycles. The summed E-state index contributed by atoms with van der Waals surface area (Å²) in [5, 5.41) is 23.7. The Kier molecular flexibility index (Phi) is 12.9. The molecule has 57 heavy (non-hydrogen) atoms. The molecule has 6 rings (SSSR count). The van der Waals surface area contributed by atoms with E-state index in [1.165, 1.54) is 54.6 Å². The number of hydrogen-bond donors (Lipinski definition) is 4. The molecule has 0 saturated carbocycles. The summed E-state index contributed by atoms with van der Waals surface area (Å²) < 4.78 is 42.9. The summed E-state index contributed by atoms with van der Waals surface area (Å²) >= 11 is 0. The van der Waals surface area contributed by atoms with Crippen LogP contribution >= 0.6 is 0 Å². The number of fused-ring (bicyclic) bond motifs is 6. The Morgan fingerprint density at radius 2 is 1.02 bits per heavy atom. The largest absolute Gasteiger partial charge is 0.507 e. The quantitative estimate of drug-likeness (QED) is 0.148. The molecular weight excluding hydrogens is 740 g/mol. The Balaban J connectivity index is 0.000000219. The minimum Gasteiger partial charge on any atom is -0.507 e. The van der Waals surface area contributed by atoms with Gasteiger partial charge in [0.25, 0.3) is 0 Å². The number of carbonyl (C=O) groups excluding carboxylic acids is 3. The molecule has 15 nitrogen and oxygen atoms in total. The molecule has 0 radical (unpaired) electrons. The first kappa shape index (κ1) is 41.8. The van der Waals surface area contributed by atoms with Crippen LogP contribution < -0.4 is 39.5 Å². The van der Waals surface area contributed by atoms with Crippen molar-refractivity contribution < 1.29 is 62.5 Å². The summed E-state index contributed by atoms with van der Waals surface area (Å²) in [6, 6.07) is 9.24. The molecule has 4 aromatic rings. The lowest BCUT2D eigenvalue weighted by Gasteiger charge is -2.22. The van der Waals surface area contributed by atoms with E-state index in [4.69, 9.17) is 43.6 Å². The van der Waals surface area contributed by atoms with Gasteiger partial charge in [-0.1, -0.05) is 0 Å². The number of hydrogen-bond acceptors (Lipinski definition) is 14. The predicted octanol–water partition coefficient (Wildman–Crippen LogP) is 5.81. The van der Waals surface area contributed by atoms with Gasteiger partial charge in [0.2, 0.25) is 17.4 Å². The Labute approximate surface area is 330 Å². The summed E-state index contributed by atoms with van der Waals surface area (Å²) in [6.45, 7) is 1.44. The van der Waals surface area contributed by atoms with E-state index in [0.29, 0.717) is 82.4 Å². The molecule has 0 bridgehead atoms. The number of carbonyl (C=O) groups is 3. The number of nitrogens with one attached hydrogen (secondary N) is 1. The molecule has 304 valence electrons. The van der Waals surface area contributed by atoms with E-state index in [9.17, 15) is 24.6 Å². The molecule has 4 aromatic carbocycles. The number of methoxy groups -OCH3 is 8.